The van der Waals surface area contributed by atoms with Gasteiger partial charge in [0.25, 0.3) is 11.8 Å². The number of amides is 2. The van der Waals surface area contributed by atoms with E-state index in [1.54, 1.807) is 0 Å². The zero-order valence-corrected chi connectivity index (χ0v) is 19.0. The molecule has 2 aromatic rings. The van der Waals surface area contributed by atoms with Crippen LogP contribution in [-0.2, 0) is 0 Å². The summed E-state index contributed by atoms with van der Waals surface area (Å²) < 4.78 is 5.69. The summed E-state index contributed by atoms with van der Waals surface area (Å²) in [5, 5.41) is 1.95. The number of likely N-dealkylation sites (tertiary alicyclic amines) is 1. The Bertz CT molecular complexity index is 859. The van der Waals surface area contributed by atoms with Crippen LogP contribution in [0.4, 0.5) is 0 Å². The molecule has 4 rings (SSSR count). The number of hydrogen-bond acceptors (Lipinski definition) is 5. The topological polar surface area (TPSA) is 49.9 Å². The summed E-state index contributed by atoms with van der Waals surface area (Å²) in [5.74, 6) is 1.96. The fourth-order valence-corrected chi connectivity index (χ4v) is 6.24. The van der Waals surface area contributed by atoms with Gasteiger partial charge < -0.3 is 14.5 Å². The number of thiophene rings is 1. The Kier molecular flexibility index (Phi) is 6.68. The van der Waals surface area contributed by atoms with Gasteiger partial charge in [-0.1, -0.05) is 19.4 Å². The lowest BCUT2D eigenvalue weighted by Crippen LogP contribution is -2.53. The van der Waals surface area contributed by atoms with E-state index >= 15 is 0 Å². The Hall–Kier alpha value is -1.99. The van der Waals surface area contributed by atoms with Crippen LogP contribution in [0.15, 0.2) is 41.8 Å². The molecule has 5 nitrogen and oxygen atoms in total. The molecular formula is C23H28N2O3S2. The van der Waals surface area contributed by atoms with Gasteiger partial charge in [-0.15, -0.1) is 23.1 Å². The lowest BCUT2D eigenvalue weighted by atomic mass is 10.0. The molecule has 2 aliphatic heterocycles. The van der Waals surface area contributed by atoms with Gasteiger partial charge in [0.2, 0.25) is 0 Å². The van der Waals surface area contributed by atoms with Crippen molar-refractivity contribution in [2.45, 2.75) is 37.5 Å². The standard InChI is InChI=1S/C23H28N2O3S2/c1-2-3-15-28-19-8-6-18(7-9-19)21(26)24-12-10-23(11-13-24)25(14-17-30-23)22(27)20-5-4-16-29-20/h4-9,16H,2-3,10-15,17H2,1H3. The summed E-state index contributed by atoms with van der Waals surface area (Å²) in [7, 11) is 0. The number of piperidine rings is 1. The van der Waals surface area contributed by atoms with E-state index in [2.05, 4.69) is 6.92 Å². The van der Waals surface area contributed by atoms with Gasteiger partial charge in [0.15, 0.2) is 0 Å². The summed E-state index contributed by atoms with van der Waals surface area (Å²) in [6.07, 6.45) is 3.76. The summed E-state index contributed by atoms with van der Waals surface area (Å²) >= 11 is 3.38. The maximum atomic E-state index is 13.0. The highest BCUT2D eigenvalue weighted by atomic mass is 32.2. The van der Waals surface area contributed by atoms with Crippen molar-refractivity contribution in [1.82, 2.24) is 9.80 Å². The predicted molar refractivity (Wildman–Crippen MR) is 123 cm³/mol. The first-order valence-electron chi connectivity index (χ1n) is 10.6. The first-order chi connectivity index (χ1) is 14.6. The Morgan fingerprint density at radius 2 is 1.83 bits per heavy atom. The molecule has 7 heteroatoms. The van der Waals surface area contributed by atoms with E-state index in [1.807, 2.05) is 63.3 Å². The summed E-state index contributed by atoms with van der Waals surface area (Å²) in [5.41, 5.74) is 0.694. The van der Waals surface area contributed by atoms with Crippen LogP contribution in [0.1, 0.15) is 52.6 Å². The first-order valence-corrected chi connectivity index (χ1v) is 12.5. The number of hydrogen-bond donors (Lipinski definition) is 0. The molecule has 1 aromatic heterocycles. The molecule has 2 aliphatic rings. The number of thioether (sulfide) groups is 1. The second-order valence-corrected chi connectivity index (χ2v) is 10.2. The van der Waals surface area contributed by atoms with Crippen LogP contribution in [0.25, 0.3) is 0 Å². The van der Waals surface area contributed by atoms with Gasteiger partial charge in [-0.25, -0.2) is 0 Å². The molecule has 0 N–H and O–H groups in total. The summed E-state index contributed by atoms with van der Waals surface area (Å²) in [6.45, 7) is 4.98. The SMILES string of the molecule is CCCCOc1ccc(C(=O)N2CCC3(CC2)SCCN3C(=O)c2cccs2)cc1. The molecule has 0 aliphatic carbocycles. The molecule has 1 aromatic carbocycles. The van der Waals surface area contributed by atoms with Crippen molar-refractivity contribution in [3.05, 3.63) is 52.2 Å². The predicted octanol–water partition coefficient (Wildman–Crippen LogP) is 4.75. The maximum absolute atomic E-state index is 13.0. The summed E-state index contributed by atoms with van der Waals surface area (Å²) in [6, 6.07) is 11.3. The number of carbonyl (C=O) groups excluding carboxylic acids is 2. The molecule has 0 radical (unpaired) electrons. The molecule has 1 spiro atoms. The Morgan fingerprint density at radius 1 is 1.07 bits per heavy atom. The summed E-state index contributed by atoms with van der Waals surface area (Å²) in [4.78, 5) is 30.6. The quantitative estimate of drug-likeness (QED) is 0.604. The third-order valence-electron chi connectivity index (χ3n) is 5.85. The van der Waals surface area contributed by atoms with E-state index in [0.29, 0.717) is 25.3 Å². The first kappa shape index (κ1) is 21.2. The second kappa shape index (κ2) is 9.43. The van der Waals surface area contributed by atoms with Crippen LogP contribution >= 0.6 is 23.1 Å². The number of carbonyl (C=O) groups is 2. The fourth-order valence-electron chi connectivity index (χ4n) is 4.11. The van der Waals surface area contributed by atoms with Crippen LogP contribution in [0, 0.1) is 0 Å². The molecule has 3 heterocycles. The van der Waals surface area contributed by atoms with Gasteiger partial charge >= 0.3 is 0 Å². The Labute approximate surface area is 186 Å². The van der Waals surface area contributed by atoms with Gasteiger partial charge in [0.1, 0.15) is 5.75 Å². The highest BCUT2D eigenvalue weighted by Crippen LogP contribution is 2.45. The van der Waals surface area contributed by atoms with E-state index in [1.165, 1.54) is 11.3 Å². The largest absolute Gasteiger partial charge is 0.494 e. The molecule has 160 valence electrons. The average Bonchev–Trinajstić information content (AvgIpc) is 3.45. The second-order valence-electron chi connectivity index (χ2n) is 7.75. The van der Waals surface area contributed by atoms with Crippen LogP contribution in [0.5, 0.6) is 5.75 Å². The average molecular weight is 445 g/mol. The highest BCUT2D eigenvalue weighted by Gasteiger charge is 2.47. The van der Waals surface area contributed by atoms with E-state index in [9.17, 15) is 9.59 Å². The van der Waals surface area contributed by atoms with Crippen molar-refractivity contribution >= 4 is 34.9 Å². The normalized spacial score (nSPS) is 18.0. The van der Waals surface area contributed by atoms with E-state index in [-0.39, 0.29) is 16.7 Å². The molecular weight excluding hydrogens is 416 g/mol. The van der Waals surface area contributed by atoms with Crippen molar-refractivity contribution < 1.29 is 14.3 Å². The van der Waals surface area contributed by atoms with Gasteiger partial charge in [0.05, 0.1) is 16.4 Å². The molecule has 0 unspecified atom stereocenters. The monoisotopic (exact) mass is 444 g/mol. The number of nitrogens with zero attached hydrogens (tertiary/aromatic N) is 2. The van der Waals surface area contributed by atoms with E-state index in [4.69, 9.17) is 4.74 Å². The minimum absolute atomic E-state index is 0.0593. The van der Waals surface area contributed by atoms with Gasteiger partial charge in [-0.2, -0.15) is 0 Å². The molecule has 0 atom stereocenters. The molecule has 2 fully saturated rings. The van der Waals surface area contributed by atoms with Crippen LogP contribution < -0.4 is 4.74 Å². The molecule has 30 heavy (non-hydrogen) atoms. The minimum atomic E-state index is -0.172. The third kappa shape index (κ3) is 4.37. The van der Waals surface area contributed by atoms with Gasteiger partial charge in [-0.05, 0) is 55.0 Å². The van der Waals surface area contributed by atoms with Crippen LogP contribution in [-0.4, -0.2) is 58.5 Å². The fraction of sp³-hybridized carbons (Fsp3) is 0.478. The molecule has 2 saturated heterocycles. The van der Waals surface area contributed by atoms with E-state index in [0.717, 1.165) is 48.6 Å². The molecule has 2 amide bonds. The number of ether oxygens (including phenoxy) is 1. The lowest BCUT2D eigenvalue weighted by Gasteiger charge is -2.44. The maximum Gasteiger partial charge on any atom is 0.265 e. The van der Waals surface area contributed by atoms with Crippen LogP contribution in [0.2, 0.25) is 0 Å². The van der Waals surface area contributed by atoms with Crippen molar-refractivity contribution in [3.63, 3.8) is 0 Å². The zero-order chi connectivity index (χ0) is 21.0. The van der Waals surface area contributed by atoms with Crippen molar-refractivity contribution in [2.75, 3.05) is 32.0 Å². The molecule has 0 bridgehead atoms. The highest BCUT2D eigenvalue weighted by molar-refractivity contribution is 8.00. The number of benzene rings is 1. The number of rotatable bonds is 6. The Balaban J connectivity index is 1.36. The Morgan fingerprint density at radius 3 is 2.50 bits per heavy atom. The zero-order valence-electron chi connectivity index (χ0n) is 17.3. The smallest absolute Gasteiger partial charge is 0.265 e. The number of unbranched alkanes of at least 4 members (excludes halogenated alkanes) is 1. The van der Waals surface area contributed by atoms with E-state index < -0.39 is 0 Å². The van der Waals surface area contributed by atoms with Gasteiger partial charge in [0, 0.05) is 31.0 Å². The van der Waals surface area contributed by atoms with Crippen molar-refractivity contribution in [2.24, 2.45) is 0 Å². The minimum Gasteiger partial charge on any atom is -0.494 e. The third-order valence-corrected chi connectivity index (χ3v) is 8.27. The van der Waals surface area contributed by atoms with Gasteiger partial charge in [-0.3, -0.25) is 9.59 Å². The van der Waals surface area contributed by atoms with Crippen LogP contribution in [0.3, 0.4) is 0 Å². The van der Waals surface area contributed by atoms with Crippen molar-refractivity contribution in [3.8, 4) is 5.75 Å². The lowest BCUT2D eigenvalue weighted by molar-refractivity contribution is 0.0501. The van der Waals surface area contributed by atoms with Crippen molar-refractivity contribution in [1.29, 1.82) is 0 Å². The molecule has 0 saturated carbocycles.